The summed E-state index contributed by atoms with van der Waals surface area (Å²) >= 11 is 0. The van der Waals surface area contributed by atoms with Crippen molar-refractivity contribution in [1.29, 1.82) is 0 Å². The molecule has 4 bridgehead atoms. The van der Waals surface area contributed by atoms with Crippen molar-refractivity contribution < 1.29 is 0 Å². The Labute approximate surface area is 151 Å². The van der Waals surface area contributed by atoms with Gasteiger partial charge >= 0.3 is 0 Å². The summed E-state index contributed by atoms with van der Waals surface area (Å²) in [5.74, 6) is 3.13. The molecule has 5 heteroatoms. The molecule has 4 aliphatic carbocycles. The molecule has 4 fully saturated rings. The Kier molecular flexibility index (Phi) is 2.99. The van der Waals surface area contributed by atoms with Gasteiger partial charge in [-0.3, -0.25) is 9.36 Å². The van der Waals surface area contributed by atoms with Gasteiger partial charge in [-0.2, -0.15) is 5.10 Å². The topological polar surface area (TPSA) is 52.7 Å². The van der Waals surface area contributed by atoms with E-state index >= 15 is 0 Å². The van der Waals surface area contributed by atoms with Crippen molar-refractivity contribution in [2.75, 3.05) is 0 Å². The number of hydrogen-bond acceptors (Lipinski definition) is 3. The van der Waals surface area contributed by atoms with Crippen molar-refractivity contribution >= 4 is 11.0 Å². The largest absolute Gasteiger partial charge is 0.295 e. The van der Waals surface area contributed by atoms with E-state index in [9.17, 15) is 4.79 Å². The zero-order valence-electron chi connectivity index (χ0n) is 14.7. The molecule has 0 spiro atoms. The molecule has 0 N–H and O–H groups in total. The van der Waals surface area contributed by atoms with Gasteiger partial charge < -0.3 is 0 Å². The average molecular weight is 346 g/mol. The molecular formula is C21H22N4O. The maximum atomic E-state index is 13.3. The number of rotatable bonds is 2. The number of hydrogen-bond donors (Lipinski definition) is 0. The minimum Gasteiger partial charge on any atom is -0.295 e. The quantitative estimate of drug-likeness (QED) is 0.713. The molecule has 7 rings (SSSR count). The van der Waals surface area contributed by atoms with Crippen LogP contribution in [0.15, 0.2) is 47.7 Å². The van der Waals surface area contributed by atoms with E-state index in [2.05, 4.69) is 10.1 Å². The molecule has 0 unspecified atom stereocenters. The molecule has 132 valence electrons. The molecule has 2 heterocycles. The summed E-state index contributed by atoms with van der Waals surface area (Å²) in [6.07, 6.45) is 10.1. The second-order valence-corrected chi connectivity index (χ2v) is 8.51. The number of benzene rings is 1. The van der Waals surface area contributed by atoms with E-state index in [-0.39, 0.29) is 5.56 Å². The van der Waals surface area contributed by atoms with Gasteiger partial charge in [0.05, 0.1) is 11.9 Å². The predicted molar refractivity (Wildman–Crippen MR) is 99.2 cm³/mol. The highest BCUT2D eigenvalue weighted by molar-refractivity contribution is 5.74. The fraction of sp³-hybridized carbons (Fsp3) is 0.476. The lowest BCUT2D eigenvalue weighted by Gasteiger charge is -2.54. The highest BCUT2D eigenvalue weighted by Crippen LogP contribution is 2.57. The van der Waals surface area contributed by atoms with Crippen molar-refractivity contribution in [3.63, 3.8) is 0 Å². The third-order valence-electron chi connectivity index (χ3n) is 7.01. The molecule has 3 aromatic rings. The standard InChI is InChI=1S/C21H22N4O/c26-21-18-11-23-25(17-4-2-1-3-5-17)20(18)22-12-24(21)19-15-7-13-6-14(9-15)10-16(19)8-13/h1-5,11-16,19H,6-10H2/t13-,14+,15-,16+,19?. The SMILES string of the molecule is O=c1c2cnn(-c3ccccc3)c2ncn1C1[C@H]2C[C@@H]3C[C@@H](C[C@H]1C3)C2. The minimum atomic E-state index is 0.0784. The molecule has 4 saturated carbocycles. The van der Waals surface area contributed by atoms with Gasteiger partial charge in [0.15, 0.2) is 5.65 Å². The summed E-state index contributed by atoms with van der Waals surface area (Å²) in [7, 11) is 0. The molecule has 5 nitrogen and oxygen atoms in total. The van der Waals surface area contributed by atoms with Crippen LogP contribution in [0.1, 0.15) is 38.1 Å². The number of nitrogens with zero attached hydrogens (tertiary/aromatic N) is 4. The van der Waals surface area contributed by atoms with Crippen LogP contribution in [0.3, 0.4) is 0 Å². The molecule has 0 aliphatic heterocycles. The Morgan fingerprint density at radius 2 is 1.62 bits per heavy atom. The Morgan fingerprint density at radius 3 is 2.31 bits per heavy atom. The molecule has 0 radical (unpaired) electrons. The minimum absolute atomic E-state index is 0.0784. The van der Waals surface area contributed by atoms with Crippen LogP contribution in [0.25, 0.3) is 16.7 Å². The first-order chi connectivity index (χ1) is 12.8. The zero-order chi connectivity index (χ0) is 17.3. The van der Waals surface area contributed by atoms with Gasteiger partial charge in [-0.15, -0.1) is 0 Å². The predicted octanol–water partition coefficient (Wildman–Crippen LogP) is 3.58. The van der Waals surface area contributed by atoms with E-state index in [1.165, 1.54) is 32.1 Å². The van der Waals surface area contributed by atoms with Crippen molar-refractivity contribution in [3.05, 3.63) is 53.2 Å². The van der Waals surface area contributed by atoms with Crippen LogP contribution in [0.4, 0.5) is 0 Å². The fourth-order valence-corrected chi connectivity index (χ4v) is 6.25. The molecule has 2 aromatic heterocycles. The second-order valence-electron chi connectivity index (χ2n) is 8.51. The average Bonchev–Trinajstić information content (AvgIpc) is 3.08. The van der Waals surface area contributed by atoms with Crippen LogP contribution in [0, 0.1) is 23.7 Å². The maximum absolute atomic E-state index is 13.3. The summed E-state index contributed by atoms with van der Waals surface area (Å²) in [5.41, 5.74) is 1.66. The fourth-order valence-electron chi connectivity index (χ4n) is 6.25. The summed E-state index contributed by atoms with van der Waals surface area (Å²) in [6, 6.07) is 10.2. The monoisotopic (exact) mass is 346 g/mol. The van der Waals surface area contributed by atoms with E-state index in [1.807, 2.05) is 34.9 Å². The van der Waals surface area contributed by atoms with E-state index < -0.39 is 0 Å². The smallest absolute Gasteiger partial charge is 0.264 e. The Hall–Kier alpha value is -2.43. The van der Waals surface area contributed by atoms with Crippen LogP contribution < -0.4 is 5.56 Å². The van der Waals surface area contributed by atoms with Crippen LogP contribution in [0.5, 0.6) is 0 Å². The van der Waals surface area contributed by atoms with Crippen molar-refractivity contribution in [2.24, 2.45) is 23.7 Å². The lowest BCUT2D eigenvalue weighted by molar-refractivity contribution is -0.0305. The first-order valence-corrected chi connectivity index (χ1v) is 9.78. The van der Waals surface area contributed by atoms with Gasteiger partial charge in [-0.05, 0) is 67.9 Å². The number of fused-ring (bicyclic) bond motifs is 1. The molecule has 0 saturated heterocycles. The van der Waals surface area contributed by atoms with Crippen LogP contribution in [-0.2, 0) is 0 Å². The third-order valence-corrected chi connectivity index (χ3v) is 7.01. The van der Waals surface area contributed by atoms with E-state index in [0.717, 1.165) is 17.5 Å². The lowest BCUT2D eigenvalue weighted by atomic mass is 9.54. The first-order valence-electron chi connectivity index (χ1n) is 9.78. The Morgan fingerprint density at radius 1 is 0.923 bits per heavy atom. The van der Waals surface area contributed by atoms with Gasteiger partial charge in [-0.25, -0.2) is 9.67 Å². The second kappa shape index (κ2) is 5.29. The van der Waals surface area contributed by atoms with Crippen LogP contribution in [-0.4, -0.2) is 19.3 Å². The molecule has 1 aromatic carbocycles. The van der Waals surface area contributed by atoms with E-state index in [1.54, 1.807) is 17.2 Å². The number of aromatic nitrogens is 4. The van der Waals surface area contributed by atoms with Gasteiger partial charge in [-0.1, -0.05) is 18.2 Å². The summed E-state index contributed by atoms with van der Waals surface area (Å²) in [4.78, 5) is 17.9. The van der Waals surface area contributed by atoms with Gasteiger partial charge in [0, 0.05) is 6.04 Å². The van der Waals surface area contributed by atoms with Crippen molar-refractivity contribution in [3.8, 4) is 5.69 Å². The van der Waals surface area contributed by atoms with Crippen molar-refractivity contribution in [2.45, 2.75) is 38.1 Å². The molecule has 0 amide bonds. The van der Waals surface area contributed by atoms with Crippen LogP contribution >= 0.6 is 0 Å². The molecular weight excluding hydrogens is 324 g/mol. The molecule has 26 heavy (non-hydrogen) atoms. The Balaban J connectivity index is 1.46. The van der Waals surface area contributed by atoms with Gasteiger partial charge in [0.1, 0.15) is 11.7 Å². The van der Waals surface area contributed by atoms with Crippen molar-refractivity contribution in [1.82, 2.24) is 19.3 Å². The first kappa shape index (κ1) is 14.7. The summed E-state index contributed by atoms with van der Waals surface area (Å²) < 4.78 is 3.71. The van der Waals surface area contributed by atoms with E-state index in [0.29, 0.717) is 28.9 Å². The maximum Gasteiger partial charge on any atom is 0.264 e. The Bertz CT molecular complexity index is 1010. The highest BCUT2D eigenvalue weighted by atomic mass is 16.1. The highest BCUT2D eigenvalue weighted by Gasteiger charge is 2.49. The summed E-state index contributed by atoms with van der Waals surface area (Å²) in [5, 5.41) is 5.07. The van der Waals surface area contributed by atoms with Gasteiger partial charge in [0.2, 0.25) is 0 Å². The zero-order valence-corrected chi connectivity index (χ0v) is 14.7. The molecule has 4 aliphatic rings. The summed E-state index contributed by atoms with van der Waals surface area (Å²) in [6.45, 7) is 0. The van der Waals surface area contributed by atoms with E-state index in [4.69, 9.17) is 0 Å². The van der Waals surface area contributed by atoms with Crippen LogP contribution in [0.2, 0.25) is 0 Å². The molecule has 0 atom stereocenters. The number of para-hydroxylation sites is 1. The lowest BCUT2D eigenvalue weighted by Crippen LogP contribution is -2.48. The normalized spacial score (nSPS) is 32.4. The van der Waals surface area contributed by atoms with Gasteiger partial charge in [0.25, 0.3) is 5.56 Å². The third kappa shape index (κ3) is 2.00.